The molecule has 1 aromatic carbocycles. The molecule has 2 rings (SSSR count). The molecule has 1 unspecified atom stereocenters. The highest BCUT2D eigenvalue weighted by Gasteiger charge is 2.23. The Kier molecular flexibility index (Phi) is 4.38. The van der Waals surface area contributed by atoms with Gasteiger partial charge in [-0.2, -0.15) is 0 Å². The average molecular weight is 272 g/mol. The van der Waals surface area contributed by atoms with Gasteiger partial charge in [-0.1, -0.05) is 17.9 Å². The molecule has 0 spiro atoms. The highest BCUT2D eigenvalue weighted by atomic mass is 16.2. The molecule has 3 N–H and O–H groups in total. The van der Waals surface area contributed by atoms with Crippen LogP contribution in [0.25, 0.3) is 0 Å². The number of hydrogen-bond donors (Lipinski definition) is 3. The van der Waals surface area contributed by atoms with Gasteiger partial charge in [0.05, 0.1) is 11.6 Å². The zero-order valence-electron chi connectivity index (χ0n) is 11.2. The van der Waals surface area contributed by atoms with Crippen LogP contribution in [0.3, 0.4) is 0 Å². The summed E-state index contributed by atoms with van der Waals surface area (Å²) in [4.78, 5) is 23.3. The number of rotatable bonds is 2. The van der Waals surface area contributed by atoms with E-state index >= 15 is 0 Å². The molecule has 2 amide bonds. The monoisotopic (exact) mass is 272 g/mol. The predicted molar refractivity (Wildman–Crippen MR) is 74.0 cm³/mol. The van der Waals surface area contributed by atoms with Gasteiger partial charge in [-0.15, -0.1) is 0 Å². The summed E-state index contributed by atoms with van der Waals surface area (Å²) >= 11 is 0. The van der Waals surface area contributed by atoms with E-state index in [2.05, 4.69) is 22.5 Å². The summed E-state index contributed by atoms with van der Waals surface area (Å²) in [6.45, 7) is 2.11. The molecule has 1 saturated heterocycles. The molecule has 0 bridgehead atoms. The second kappa shape index (κ2) is 6.22. The van der Waals surface area contributed by atoms with Crippen LogP contribution in [-0.2, 0) is 4.79 Å². The maximum Gasteiger partial charge on any atom is 0.252 e. The number of nitrogens with one attached hydrogen (secondary N) is 2. The van der Waals surface area contributed by atoms with Crippen molar-refractivity contribution in [2.24, 2.45) is 0 Å². The first-order chi connectivity index (χ1) is 9.60. The van der Waals surface area contributed by atoms with Crippen molar-refractivity contribution in [1.82, 2.24) is 10.6 Å². The Morgan fingerprint density at radius 3 is 3.00 bits per heavy atom. The standard InChI is InChI=1S/C15H16N2O3/c1-10-4-5-13(11(7-10)3-2-6-18)15(20)17-12-8-14(19)16-9-12/h4-5,7,12,18H,6,8-9H2,1H3,(H,16,19)(H,17,20). The number of hydrogen-bond acceptors (Lipinski definition) is 3. The fourth-order valence-electron chi connectivity index (χ4n) is 2.06. The molecule has 0 saturated carbocycles. The lowest BCUT2D eigenvalue weighted by Gasteiger charge is -2.12. The lowest BCUT2D eigenvalue weighted by Crippen LogP contribution is -2.36. The van der Waals surface area contributed by atoms with Crippen molar-refractivity contribution < 1.29 is 14.7 Å². The van der Waals surface area contributed by atoms with Gasteiger partial charge in [-0.05, 0) is 24.6 Å². The second-order valence-corrected chi connectivity index (χ2v) is 4.69. The molecule has 5 heteroatoms. The van der Waals surface area contributed by atoms with Crippen LogP contribution in [0.2, 0.25) is 0 Å². The number of amides is 2. The number of aliphatic hydroxyl groups excluding tert-OH is 1. The van der Waals surface area contributed by atoms with Crippen molar-refractivity contribution in [2.75, 3.05) is 13.2 Å². The fourth-order valence-corrected chi connectivity index (χ4v) is 2.06. The molecule has 0 aliphatic carbocycles. The Balaban J connectivity index is 2.18. The first-order valence-electron chi connectivity index (χ1n) is 6.38. The zero-order chi connectivity index (χ0) is 14.5. The van der Waals surface area contributed by atoms with Gasteiger partial charge in [-0.3, -0.25) is 9.59 Å². The average Bonchev–Trinajstić information content (AvgIpc) is 2.81. The molecule has 1 heterocycles. The van der Waals surface area contributed by atoms with Gasteiger partial charge in [-0.25, -0.2) is 0 Å². The number of aryl methyl sites for hydroxylation is 1. The van der Waals surface area contributed by atoms with Gasteiger partial charge in [0.1, 0.15) is 6.61 Å². The summed E-state index contributed by atoms with van der Waals surface area (Å²) in [5.74, 6) is 5.01. The first kappa shape index (κ1) is 14.1. The van der Waals surface area contributed by atoms with E-state index in [0.29, 0.717) is 24.1 Å². The third-order valence-corrected chi connectivity index (χ3v) is 3.03. The molecule has 5 nitrogen and oxygen atoms in total. The van der Waals surface area contributed by atoms with Gasteiger partial charge in [0, 0.05) is 18.5 Å². The Morgan fingerprint density at radius 1 is 1.55 bits per heavy atom. The smallest absolute Gasteiger partial charge is 0.252 e. The van der Waals surface area contributed by atoms with E-state index in [1.54, 1.807) is 12.1 Å². The van der Waals surface area contributed by atoms with Crippen molar-refractivity contribution in [3.8, 4) is 11.8 Å². The maximum absolute atomic E-state index is 12.2. The van der Waals surface area contributed by atoms with E-state index in [-0.39, 0.29) is 24.5 Å². The Hall–Kier alpha value is -2.32. The highest BCUT2D eigenvalue weighted by molar-refractivity contribution is 5.97. The summed E-state index contributed by atoms with van der Waals surface area (Å²) in [5.41, 5.74) is 2.02. The number of carbonyl (C=O) groups is 2. The molecule has 104 valence electrons. The van der Waals surface area contributed by atoms with Crippen molar-refractivity contribution in [2.45, 2.75) is 19.4 Å². The maximum atomic E-state index is 12.2. The quantitative estimate of drug-likeness (QED) is 0.661. The van der Waals surface area contributed by atoms with Crippen LogP contribution in [0.5, 0.6) is 0 Å². The van der Waals surface area contributed by atoms with E-state index in [1.807, 2.05) is 13.0 Å². The summed E-state index contributed by atoms with van der Waals surface area (Å²) in [6, 6.07) is 5.15. The second-order valence-electron chi connectivity index (χ2n) is 4.69. The van der Waals surface area contributed by atoms with Crippen LogP contribution in [0.1, 0.15) is 27.9 Å². The van der Waals surface area contributed by atoms with Crippen LogP contribution in [-0.4, -0.2) is 36.1 Å². The predicted octanol–water partition coefficient (Wildman–Crippen LogP) is -0.0429. The Morgan fingerprint density at radius 2 is 2.35 bits per heavy atom. The molecule has 1 fully saturated rings. The third kappa shape index (κ3) is 3.37. The summed E-state index contributed by atoms with van der Waals surface area (Å²) in [7, 11) is 0. The number of aliphatic hydroxyl groups is 1. The lowest BCUT2D eigenvalue weighted by molar-refractivity contribution is -0.119. The zero-order valence-corrected chi connectivity index (χ0v) is 11.2. The molecular weight excluding hydrogens is 256 g/mol. The molecule has 20 heavy (non-hydrogen) atoms. The summed E-state index contributed by atoms with van der Waals surface area (Å²) in [6.07, 6.45) is 0.301. The minimum atomic E-state index is -0.256. The first-order valence-corrected chi connectivity index (χ1v) is 6.38. The summed E-state index contributed by atoms with van der Waals surface area (Å²) < 4.78 is 0. The topological polar surface area (TPSA) is 78.4 Å². The largest absolute Gasteiger partial charge is 0.384 e. The van der Waals surface area contributed by atoms with Crippen LogP contribution >= 0.6 is 0 Å². The number of benzene rings is 1. The summed E-state index contributed by atoms with van der Waals surface area (Å²) in [5, 5.41) is 14.2. The van der Waals surface area contributed by atoms with Crippen LogP contribution in [0, 0.1) is 18.8 Å². The van der Waals surface area contributed by atoms with E-state index in [4.69, 9.17) is 5.11 Å². The molecule has 1 aliphatic heterocycles. The lowest BCUT2D eigenvalue weighted by atomic mass is 10.0. The minimum Gasteiger partial charge on any atom is -0.384 e. The van der Waals surface area contributed by atoms with E-state index < -0.39 is 0 Å². The van der Waals surface area contributed by atoms with E-state index in [0.717, 1.165) is 5.56 Å². The fraction of sp³-hybridized carbons (Fsp3) is 0.333. The van der Waals surface area contributed by atoms with Crippen LogP contribution < -0.4 is 10.6 Å². The third-order valence-electron chi connectivity index (χ3n) is 3.03. The SMILES string of the molecule is Cc1ccc(C(=O)NC2CNC(=O)C2)c(C#CCO)c1. The van der Waals surface area contributed by atoms with Crippen molar-refractivity contribution in [3.63, 3.8) is 0 Å². The van der Waals surface area contributed by atoms with E-state index in [1.165, 1.54) is 0 Å². The van der Waals surface area contributed by atoms with Gasteiger partial charge in [0.15, 0.2) is 0 Å². The highest BCUT2D eigenvalue weighted by Crippen LogP contribution is 2.12. The van der Waals surface area contributed by atoms with Crippen LogP contribution in [0.4, 0.5) is 0 Å². The molecule has 0 radical (unpaired) electrons. The van der Waals surface area contributed by atoms with Gasteiger partial charge in [0.2, 0.25) is 5.91 Å². The van der Waals surface area contributed by atoms with Crippen molar-refractivity contribution in [3.05, 3.63) is 34.9 Å². The number of carbonyl (C=O) groups excluding carboxylic acids is 2. The van der Waals surface area contributed by atoms with Crippen molar-refractivity contribution >= 4 is 11.8 Å². The van der Waals surface area contributed by atoms with Gasteiger partial charge >= 0.3 is 0 Å². The molecular formula is C15H16N2O3. The Bertz CT molecular complexity index is 599. The van der Waals surface area contributed by atoms with Crippen molar-refractivity contribution in [1.29, 1.82) is 0 Å². The molecule has 0 aromatic heterocycles. The normalized spacial score (nSPS) is 17.1. The Labute approximate surface area is 117 Å². The molecule has 1 aliphatic rings. The molecule has 1 atom stereocenters. The van der Waals surface area contributed by atoms with Gasteiger partial charge in [0.25, 0.3) is 5.91 Å². The minimum absolute atomic E-state index is 0.0560. The van der Waals surface area contributed by atoms with Crippen LogP contribution in [0.15, 0.2) is 18.2 Å². The van der Waals surface area contributed by atoms with Gasteiger partial charge < -0.3 is 15.7 Å². The molecule has 1 aromatic rings. The van der Waals surface area contributed by atoms with E-state index in [9.17, 15) is 9.59 Å².